The maximum Gasteiger partial charge on any atom is 0.410 e. The van der Waals surface area contributed by atoms with Crippen LogP contribution in [0.4, 0.5) is 4.79 Å². The second kappa shape index (κ2) is 9.34. The normalized spacial score (nSPS) is 15.3. The number of amides is 1. The zero-order chi connectivity index (χ0) is 23.7. The number of carbonyl (C=O) groups excluding carboxylic acids is 1. The third-order valence-corrected chi connectivity index (χ3v) is 7.11. The maximum atomic E-state index is 12.8. The SMILES string of the molecule is CN(C(=O)OCC1c2ccccc2-c2ccccc21)C(CCc1ccc(C2CC2)cc1)C(=O)O. The number of rotatable bonds is 8. The van der Waals surface area contributed by atoms with E-state index in [4.69, 9.17) is 4.74 Å². The Morgan fingerprint density at radius 2 is 1.53 bits per heavy atom. The lowest BCUT2D eigenvalue weighted by atomic mass is 9.98. The number of hydrogen-bond donors (Lipinski definition) is 1. The van der Waals surface area contributed by atoms with Gasteiger partial charge in [-0.05, 0) is 65.0 Å². The Labute approximate surface area is 200 Å². The number of hydrogen-bond acceptors (Lipinski definition) is 3. The van der Waals surface area contributed by atoms with Crippen LogP contribution in [0.15, 0.2) is 72.8 Å². The fourth-order valence-corrected chi connectivity index (χ4v) is 4.98. The summed E-state index contributed by atoms with van der Waals surface area (Å²) >= 11 is 0. The van der Waals surface area contributed by atoms with Crippen molar-refractivity contribution in [1.29, 1.82) is 0 Å². The number of fused-ring (bicyclic) bond motifs is 3. The molecular formula is C29H29NO4. The van der Waals surface area contributed by atoms with Crippen molar-refractivity contribution in [3.05, 3.63) is 95.1 Å². The molecule has 3 aromatic rings. The highest BCUT2D eigenvalue weighted by Crippen LogP contribution is 2.44. The Balaban J connectivity index is 1.22. The van der Waals surface area contributed by atoms with E-state index >= 15 is 0 Å². The first-order chi connectivity index (χ1) is 16.5. The van der Waals surface area contributed by atoms with Crippen molar-refractivity contribution in [3.8, 4) is 11.1 Å². The number of aliphatic carboxylic acids is 1. The topological polar surface area (TPSA) is 66.8 Å². The Hall–Kier alpha value is -3.60. The van der Waals surface area contributed by atoms with E-state index in [2.05, 4.69) is 48.5 Å². The number of likely N-dealkylation sites (N-methyl/N-ethyl adjacent to an activating group) is 1. The molecule has 1 atom stereocenters. The zero-order valence-corrected chi connectivity index (χ0v) is 19.3. The Kier molecular flexibility index (Phi) is 6.10. The molecule has 1 fully saturated rings. The molecule has 5 nitrogen and oxygen atoms in total. The quantitative estimate of drug-likeness (QED) is 0.464. The number of aryl methyl sites for hydroxylation is 1. The number of benzene rings is 3. The third-order valence-electron chi connectivity index (χ3n) is 7.11. The third kappa shape index (κ3) is 4.43. The highest BCUT2D eigenvalue weighted by Gasteiger charge is 2.32. The van der Waals surface area contributed by atoms with Crippen LogP contribution in [0.5, 0.6) is 0 Å². The van der Waals surface area contributed by atoms with E-state index in [1.807, 2.05) is 24.3 Å². The lowest BCUT2D eigenvalue weighted by Gasteiger charge is -2.25. The van der Waals surface area contributed by atoms with Crippen LogP contribution < -0.4 is 0 Å². The number of ether oxygens (including phenoxy) is 1. The fraction of sp³-hybridized carbons (Fsp3) is 0.310. The van der Waals surface area contributed by atoms with Crippen LogP contribution in [0.1, 0.15) is 53.4 Å². The molecule has 0 bridgehead atoms. The van der Waals surface area contributed by atoms with Crippen molar-refractivity contribution in [3.63, 3.8) is 0 Å². The first kappa shape index (κ1) is 22.2. The number of carboxylic acid groups (broad SMARTS) is 1. The first-order valence-electron chi connectivity index (χ1n) is 11.9. The molecule has 0 radical (unpaired) electrons. The van der Waals surface area contributed by atoms with Gasteiger partial charge < -0.3 is 9.84 Å². The van der Waals surface area contributed by atoms with Crippen molar-refractivity contribution in [1.82, 2.24) is 4.90 Å². The molecule has 5 heteroatoms. The summed E-state index contributed by atoms with van der Waals surface area (Å²) in [4.78, 5) is 26.0. The van der Waals surface area contributed by atoms with Gasteiger partial charge in [-0.25, -0.2) is 9.59 Å². The standard InChI is InChI=1S/C29H29NO4/c1-30(27(28(31)32)17-12-19-10-13-20(14-11-19)21-15-16-21)29(33)34-18-26-24-8-4-2-6-22(24)23-7-3-5-9-25(23)26/h2-11,13-14,21,26-27H,12,15-18H2,1H3,(H,31,32). The Morgan fingerprint density at radius 1 is 0.941 bits per heavy atom. The second-order valence-corrected chi connectivity index (χ2v) is 9.32. The molecule has 2 aliphatic rings. The zero-order valence-electron chi connectivity index (χ0n) is 19.3. The van der Waals surface area contributed by atoms with Gasteiger partial charge in [-0.3, -0.25) is 4.90 Å². The molecule has 0 aromatic heterocycles. The molecule has 1 unspecified atom stereocenters. The molecule has 0 aliphatic heterocycles. The largest absolute Gasteiger partial charge is 0.480 e. The highest BCUT2D eigenvalue weighted by atomic mass is 16.6. The van der Waals surface area contributed by atoms with Crippen LogP contribution in [0.3, 0.4) is 0 Å². The van der Waals surface area contributed by atoms with Crippen molar-refractivity contribution in [2.45, 2.75) is 43.6 Å². The predicted molar refractivity (Wildman–Crippen MR) is 131 cm³/mol. The summed E-state index contributed by atoms with van der Waals surface area (Å²) in [5.41, 5.74) is 7.00. The van der Waals surface area contributed by atoms with Gasteiger partial charge in [-0.2, -0.15) is 0 Å². The van der Waals surface area contributed by atoms with E-state index < -0.39 is 18.1 Å². The monoisotopic (exact) mass is 455 g/mol. The molecule has 5 rings (SSSR count). The molecule has 34 heavy (non-hydrogen) atoms. The van der Waals surface area contributed by atoms with Crippen molar-refractivity contribution in [2.24, 2.45) is 0 Å². The van der Waals surface area contributed by atoms with E-state index in [-0.39, 0.29) is 12.5 Å². The van der Waals surface area contributed by atoms with Crippen LogP contribution in [0.2, 0.25) is 0 Å². The van der Waals surface area contributed by atoms with Crippen LogP contribution >= 0.6 is 0 Å². The van der Waals surface area contributed by atoms with E-state index in [9.17, 15) is 14.7 Å². The number of carbonyl (C=O) groups is 2. The van der Waals surface area contributed by atoms with E-state index in [0.717, 1.165) is 27.8 Å². The molecule has 0 heterocycles. The molecule has 1 N–H and O–H groups in total. The Bertz CT molecular complexity index is 1150. The highest BCUT2D eigenvalue weighted by molar-refractivity contribution is 5.81. The summed E-state index contributed by atoms with van der Waals surface area (Å²) in [7, 11) is 1.51. The second-order valence-electron chi connectivity index (χ2n) is 9.32. The summed E-state index contributed by atoms with van der Waals surface area (Å²) in [5.74, 6) is -0.385. The van der Waals surface area contributed by atoms with Gasteiger partial charge in [-0.15, -0.1) is 0 Å². The average molecular weight is 456 g/mol. The molecule has 1 amide bonds. The molecule has 2 aliphatic carbocycles. The van der Waals surface area contributed by atoms with Crippen molar-refractivity contribution in [2.75, 3.05) is 13.7 Å². The van der Waals surface area contributed by atoms with Crippen molar-refractivity contribution >= 4 is 12.1 Å². The number of carboxylic acids is 1. The summed E-state index contributed by atoms with van der Waals surface area (Å²) in [6, 6.07) is 23.8. The van der Waals surface area contributed by atoms with Gasteiger partial charge in [0.05, 0.1) is 0 Å². The van der Waals surface area contributed by atoms with Gasteiger partial charge >= 0.3 is 12.1 Å². The predicted octanol–water partition coefficient (Wildman–Crippen LogP) is 5.83. The van der Waals surface area contributed by atoms with Gasteiger partial charge in [-0.1, -0.05) is 72.8 Å². The maximum absolute atomic E-state index is 12.8. The fourth-order valence-electron chi connectivity index (χ4n) is 4.98. The molecule has 0 spiro atoms. The van der Waals surface area contributed by atoms with E-state index in [0.29, 0.717) is 18.8 Å². The minimum atomic E-state index is -1.02. The van der Waals surface area contributed by atoms with Crippen LogP contribution in [0.25, 0.3) is 11.1 Å². The van der Waals surface area contributed by atoms with Gasteiger partial charge in [0.1, 0.15) is 12.6 Å². The first-order valence-corrected chi connectivity index (χ1v) is 11.9. The lowest BCUT2D eigenvalue weighted by molar-refractivity contribution is -0.142. The van der Waals surface area contributed by atoms with Gasteiger partial charge in [0, 0.05) is 13.0 Å². The van der Waals surface area contributed by atoms with Crippen LogP contribution in [-0.2, 0) is 16.0 Å². The summed E-state index contributed by atoms with van der Waals surface area (Å²) in [6.45, 7) is 0.173. The van der Waals surface area contributed by atoms with E-state index in [1.165, 1.54) is 30.4 Å². The smallest absolute Gasteiger partial charge is 0.410 e. The summed E-state index contributed by atoms with van der Waals surface area (Å²) in [6.07, 6.45) is 2.82. The summed E-state index contributed by atoms with van der Waals surface area (Å²) < 4.78 is 5.66. The molecule has 0 saturated heterocycles. The van der Waals surface area contributed by atoms with Gasteiger partial charge in [0.25, 0.3) is 0 Å². The minimum absolute atomic E-state index is 0.0574. The molecule has 174 valence electrons. The number of nitrogens with zero attached hydrogens (tertiary/aromatic N) is 1. The average Bonchev–Trinajstić information content (AvgIpc) is 3.66. The van der Waals surface area contributed by atoms with E-state index in [1.54, 1.807) is 0 Å². The Morgan fingerprint density at radius 3 is 2.09 bits per heavy atom. The van der Waals surface area contributed by atoms with Gasteiger partial charge in [0.2, 0.25) is 0 Å². The minimum Gasteiger partial charge on any atom is -0.480 e. The molecule has 3 aromatic carbocycles. The van der Waals surface area contributed by atoms with Crippen molar-refractivity contribution < 1.29 is 19.4 Å². The van der Waals surface area contributed by atoms with Gasteiger partial charge in [0.15, 0.2) is 0 Å². The van der Waals surface area contributed by atoms with Crippen LogP contribution in [0, 0.1) is 0 Å². The molecular weight excluding hydrogens is 426 g/mol. The summed E-state index contributed by atoms with van der Waals surface area (Å²) in [5, 5.41) is 9.79. The van der Waals surface area contributed by atoms with Crippen LogP contribution in [-0.4, -0.2) is 41.8 Å². The molecule has 1 saturated carbocycles. The lowest BCUT2D eigenvalue weighted by Crippen LogP contribution is -2.43.